The summed E-state index contributed by atoms with van der Waals surface area (Å²) in [5, 5.41) is 0. The largest absolute Gasteiger partial charge is 2.00 e. The third-order valence-electron chi connectivity index (χ3n) is 5.31. The Hall–Kier alpha value is -4.41. The van der Waals surface area contributed by atoms with E-state index in [9.17, 15) is 0 Å². The van der Waals surface area contributed by atoms with E-state index >= 15 is 0 Å². The average Bonchev–Trinajstić information content (AvgIpc) is 2.99. The van der Waals surface area contributed by atoms with Gasteiger partial charge in [0, 0.05) is 48.3 Å². The first kappa shape index (κ1) is 25.7. The fraction of sp³-hybridized carbons (Fsp3) is 0. The fourth-order valence-corrected chi connectivity index (χ4v) is 3.68. The molecule has 6 nitrogen and oxygen atoms in total. The molecule has 0 radical (unpaired) electrons. The van der Waals surface area contributed by atoms with Crippen molar-refractivity contribution in [3.05, 3.63) is 134 Å². The minimum Gasteiger partial charge on any atom is -0.256 e. The van der Waals surface area contributed by atoms with Gasteiger partial charge in [0.25, 0.3) is 0 Å². The van der Waals surface area contributed by atoms with Crippen molar-refractivity contribution in [2.24, 2.45) is 0 Å². The number of aromatic nitrogens is 6. The maximum atomic E-state index is 4.42. The van der Waals surface area contributed by atoms with Crippen LogP contribution in [0.4, 0.5) is 0 Å². The van der Waals surface area contributed by atoms with Crippen LogP contribution in [0.25, 0.3) is 45.3 Å². The third kappa shape index (κ3) is 6.43. The molecule has 7 heteroatoms. The Bertz CT molecular complexity index is 1280. The monoisotopic (exact) mass is 661 g/mol. The maximum Gasteiger partial charge on any atom is 2.00 e. The van der Waals surface area contributed by atoms with E-state index in [1.807, 2.05) is 97.1 Å². The summed E-state index contributed by atoms with van der Waals surface area (Å²) in [4.78, 5) is 26.3. The summed E-state index contributed by atoms with van der Waals surface area (Å²) in [6, 6.07) is 31.2. The molecule has 0 aliphatic heterocycles. The van der Waals surface area contributed by atoms with E-state index in [4.69, 9.17) is 0 Å². The summed E-state index contributed by atoms with van der Waals surface area (Å²) in [7, 11) is 0. The summed E-state index contributed by atoms with van der Waals surface area (Å²) >= 11 is 0. The van der Waals surface area contributed by atoms with Crippen LogP contribution in [0.1, 0.15) is 0 Å². The fourth-order valence-electron chi connectivity index (χ4n) is 3.68. The van der Waals surface area contributed by atoms with Crippen LogP contribution in [0, 0.1) is 0 Å². The van der Waals surface area contributed by atoms with Gasteiger partial charge in [0.1, 0.15) is 0 Å². The maximum absolute atomic E-state index is 4.42. The molecule has 0 fully saturated rings. The minimum atomic E-state index is 0. The van der Waals surface area contributed by atoms with Gasteiger partial charge in [0.05, 0.1) is 34.2 Å². The van der Waals surface area contributed by atoms with E-state index in [-0.39, 0.29) is 21.1 Å². The van der Waals surface area contributed by atoms with Crippen molar-refractivity contribution in [2.75, 3.05) is 0 Å². The van der Waals surface area contributed by atoms with E-state index in [0.717, 1.165) is 45.3 Å². The second-order valence-electron chi connectivity index (χ2n) is 7.66. The van der Waals surface area contributed by atoms with Gasteiger partial charge < -0.3 is 0 Å². The molecule has 6 aromatic rings. The molecule has 180 valence electrons. The van der Waals surface area contributed by atoms with Crippen LogP contribution in [-0.2, 0) is 21.1 Å². The zero-order valence-corrected chi connectivity index (χ0v) is 22.0. The minimum absolute atomic E-state index is 0. The molecular weight excluding hydrogens is 639 g/mol. The van der Waals surface area contributed by atoms with Crippen LogP contribution in [0.15, 0.2) is 134 Å². The van der Waals surface area contributed by atoms with Gasteiger partial charge in [-0.15, -0.1) is 0 Å². The Balaban J connectivity index is 0.000000168. The number of hydrogen-bond acceptors (Lipinski definition) is 6. The molecule has 0 N–H and O–H groups in total. The predicted molar refractivity (Wildman–Crippen MR) is 141 cm³/mol. The molecular formula is C30H22N6Pt+2. The van der Waals surface area contributed by atoms with Gasteiger partial charge in [-0.2, -0.15) is 0 Å². The molecule has 0 aliphatic carbocycles. The third-order valence-corrected chi connectivity index (χ3v) is 5.31. The Morgan fingerprint density at radius 3 is 0.946 bits per heavy atom. The smallest absolute Gasteiger partial charge is 0.256 e. The van der Waals surface area contributed by atoms with Crippen LogP contribution >= 0.6 is 0 Å². The van der Waals surface area contributed by atoms with Crippen molar-refractivity contribution in [3.63, 3.8) is 0 Å². The topological polar surface area (TPSA) is 77.3 Å². The van der Waals surface area contributed by atoms with E-state index in [0.29, 0.717) is 0 Å². The first-order valence-corrected chi connectivity index (χ1v) is 11.5. The molecule has 0 spiro atoms. The summed E-state index contributed by atoms with van der Waals surface area (Å²) in [6.45, 7) is 0. The summed E-state index contributed by atoms with van der Waals surface area (Å²) in [5.41, 5.74) is 7.25. The van der Waals surface area contributed by atoms with Crippen LogP contribution in [0.2, 0.25) is 0 Å². The second-order valence-corrected chi connectivity index (χ2v) is 7.66. The van der Waals surface area contributed by atoms with Crippen molar-refractivity contribution >= 4 is 0 Å². The van der Waals surface area contributed by atoms with Crippen molar-refractivity contribution in [1.82, 2.24) is 29.9 Å². The van der Waals surface area contributed by atoms with Crippen LogP contribution < -0.4 is 0 Å². The van der Waals surface area contributed by atoms with Gasteiger partial charge in [-0.05, 0) is 72.8 Å². The number of pyridine rings is 6. The zero-order valence-electron chi connectivity index (χ0n) is 19.7. The summed E-state index contributed by atoms with van der Waals surface area (Å²) in [6.07, 6.45) is 10.7. The van der Waals surface area contributed by atoms with Gasteiger partial charge in [-0.25, -0.2) is 0 Å². The molecule has 0 atom stereocenters. The number of nitrogens with zero attached hydrogens (tertiary/aromatic N) is 6. The molecule has 6 rings (SSSR count). The summed E-state index contributed by atoms with van der Waals surface area (Å²) in [5.74, 6) is 0. The van der Waals surface area contributed by atoms with E-state index in [2.05, 4.69) is 29.9 Å². The molecule has 0 unspecified atom stereocenters. The Labute approximate surface area is 229 Å². The Kier molecular flexibility index (Phi) is 9.06. The molecule has 0 saturated heterocycles. The Morgan fingerprint density at radius 2 is 0.622 bits per heavy atom. The zero-order chi connectivity index (χ0) is 24.4. The quantitative estimate of drug-likeness (QED) is 0.218. The van der Waals surface area contributed by atoms with Crippen molar-refractivity contribution < 1.29 is 21.1 Å². The van der Waals surface area contributed by atoms with Crippen molar-refractivity contribution in [2.45, 2.75) is 0 Å². The van der Waals surface area contributed by atoms with Crippen LogP contribution in [0.5, 0.6) is 0 Å². The van der Waals surface area contributed by atoms with Gasteiger partial charge in [0.2, 0.25) is 0 Å². The first-order valence-electron chi connectivity index (χ1n) is 11.5. The molecule has 0 saturated carbocycles. The van der Waals surface area contributed by atoms with Crippen molar-refractivity contribution in [3.8, 4) is 45.3 Å². The van der Waals surface area contributed by atoms with E-state index in [1.165, 1.54) is 0 Å². The van der Waals surface area contributed by atoms with Crippen LogP contribution in [-0.4, -0.2) is 29.9 Å². The molecule has 0 amide bonds. The van der Waals surface area contributed by atoms with Gasteiger partial charge in [-0.3, -0.25) is 29.9 Å². The van der Waals surface area contributed by atoms with Gasteiger partial charge in [-0.1, -0.05) is 24.3 Å². The Morgan fingerprint density at radius 1 is 0.297 bits per heavy atom. The molecule has 6 heterocycles. The average molecular weight is 662 g/mol. The molecule has 0 bridgehead atoms. The normalized spacial score (nSPS) is 9.95. The molecule has 0 aliphatic rings. The van der Waals surface area contributed by atoms with Gasteiger partial charge >= 0.3 is 21.1 Å². The second kappa shape index (κ2) is 13.1. The first-order chi connectivity index (χ1) is 17.9. The molecule has 6 aromatic heterocycles. The van der Waals surface area contributed by atoms with E-state index < -0.39 is 0 Å². The van der Waals surface area contributed by atoms with E-state index in [1.54, 1.807) is 37.2 Å². The predicted octanol–water partition coefficient (Wildman–Crippen LogP) is 6.41. The van der Waals surface area contributed by atoms with Crippen molar-refractivity contribution in [1.29, 1.82) is 0 Å². The van der Waals surface area contributed by atoms with Crippen LogP contribution in [0.3, 0.4) is 0 Å². The number of hydrogen-bond donors (Lipinski definition) is 0. The molecule has 0 aromatic carbocycles. The molecule has 37 heavy (non-hydrogen) atoms. The SMILES string of the molecule is [Pt+2].c1ccc(-c2cccnc2-c2ccccn2)nc1.c1ccc(-c2cccnc2-c2ccccn2)nc1. The number of rotatable bonds is 4. The standard InChI is InChI=1S/2C15H11N3.Pt/c2*1-3-9-16-13(7-1)12-6-5-11-18-15(12)14-8-2-4-10-17-14;/h2*1-11H;/q;;+2. The summed E-state index contributed by atoms with van der Waals surface area (Å²) < 4.78 is 0. The van der Waals surface area contributed by atoms with Gasteiger partial charge in [0.15, 0.2) is 0 Å².